The van der Waals surface area contributed by atoms with Gasteiger partial charge >= 0.3 is 0 Å². The number of benzene rings is 1. The van der Waals surface area contributed by atoms with E-state index in [4.69, 9.17) is 4.74 Å². The molecule has 0 spiro atoms. The molecule has 6 heteroatoms. The molecule has 2 aliphatic rings. The summed E-state index contributed by atoms with van der Waals surface area (Å²) >= 11 is 1.71. The Labute approximate surface area is 151 Å². The quantitative estimate of drug-likeness (QED) is 0.780. The van der Waals surface area contributed by atoms with E-state index < -0.39 is 0 Å². The van der Waals surface area contributed by atoms with Crippen molar-refractivity contribution in [2.24, 2.45) is 5.92 Å². The van der Waals surface area contributed by atoms with E-state index in [1.165, 1.54) is 10.4 Å². The molecule has 1 aromatic heterocycles. The van der Waals surface area contributed by atoms with Gasteiger partial charge in [0.05, 0.1) is 12.2 Å². The van der Waals surface area contributed by atoms with Gasteiger partial charge in [0.1, 0.15) is 11.2 Å². The molecule has 0 saturated carbocycles. The lowest BCUT2D eigenvalue weighted by Crippen LogP contribution is -2.38. The highest BCUT2D eigenvalue weighted by Gasteiger charge is 2.33. The van der Waals surface area contributed by atoms with Crippen LogP contribution in [0.25, 0.3) is 0 Å². The Kier molecular flexibility index (Phi) is 4.07. The van der Waals surface area contributed by atoms with Gasteiger partial charge < -0.3 is 20.5 Å². The highest BCUT2D eigenvalue weighted by Crippen LogP contribution is 2.43. The molecule has 2 heterocycles. The summed E-state index contributed by atoms with van der Waals surface area (Å²) < 4.78 is 5.45. The number of ether oxygens (including phenoxy) is 1. The van der Waals surface area contributed by atoms with Gasteiger partial charge in [0.15, 0.2) is 11.5 Å². The Balaban J connectivity index is 1.66. The zero-order valence-electron chi connectivity index (χ0n) is 14.4. The fourth-order valence-electron chi connectivity index (χ4n) is 3.61. The Hall–Kier alpha value is -2.21. The van der Waals surface area contributed by atoms with Gasteiger partial charge in [-0.2, -0.15) is 0 Å². The standard InChI is InChI=1S/C19H22N2O3S/c1-3-24-14-9-11(5-7-13(14)22)17-20-18(23)16-12-6-4-10(2)8-15(12)25-19(16)21-17/h5,7,9-10,17,21-22H,3-4,6,8H2,1-2H3,(H,20,23)/t10-,17-/m0/s1. The second-order valence-corrected chi connectivity index (χ2v) is 7.87. The number of hydrogen-bond donors (Lipinski definition) is 3. The maximum Gasteiger partial charge on any atom is 0.256 e. The minimum absolute atomic E-state index is 0.0168. The van der Waals surface area contributed by atoms with Gasteiger partial charge in [-0.25, -0.2) is 0 Å². The van der Waals surface area contributed by atoms with Crippen molar-refractivity contribution in [1.29, 1.82) is 0 Å². The number of carbonyl (C=O) groups is 1. The first-order valence-corrected chi connectivity index (χ1v) is 9.56. The summed E-state index contributed by atoms with van der Waals surface area (Å²) in [7, 11) is 0. The van der Waals surface area contributed by atoms with Gasteiger partial charge in [-0.05, 0) is 55.4 Å². The molecule has 0 unspecified atom stereocenters. The largest absolute Gasteiger partial charge is 0.504 e. The average Bonchev–Trinajstić information content (AvgIpc) is 2.94. The molecule has 0 saturated heterocycles. The summed E-state index contributed by atoms with van der Waals surface area (Å²) in [6.45, 7) is 4.61. The van der Waals surface area contributed by atoms with Crippen LogP contribution in [0, 0.1) is 5.92 Å². The lowest BCUT2D eigenvalue weighted by atomic mass is 9.88. The number of hydrogen-bond acceptors (Lipinski definition) is 5. The van der Waals surface area contributed by atoms with E-state index in [0.717, 1.165) is 35.4 Å². The van der Waals surface area contributed by atoms with Crippen molar-refractivity contribution in [3.8, 4) is 11.5 Å². The molecule has 1 aliphatic heterocycles. The van der Waals surface area contributed by atoms with E-state index in [2.05, 4.69) is 17.6 Å². The van der Waals surface area contributed by atoms with Crippen molar-refractivity contribution in [1.82, 2.24) is 5.32 Å². The molecule has 3 N–H and O–H groups in total. The SMILES string of the molecule is CCOc1cc([C@H]2NC(=O)c3c(sc4c3CC[C@H](C)C4)N2)ccc1O. The first kappa shape index (κ1) is 16.3. The van der Waals surface area contributed by atoms with Crippen LogP contribution in [0.2, 0.25) is 0 Å². The number of nitrogens with one attached hydrogen (secondary N) is 2. The molecule has 1 aromatic carbocycles. The van der Waals surface area contributed by atoms with E-state index in [-0.39, 0.29) is 17.8 Å². The van der Waals surface area contributed by atoms with Crippen LogP contribution in [0.4, 0.5) is 5.00 Å². The van der Waals surface area contributed by atoms with Crippen molar-refractivity contribution in [3.63, 3.8) is 0 Å². The molecule has 2 atom stereocenters. The van der Waals surface area contributed by atoms with Crippen LogP contribution in [0.1, 0.15) is 52.8 Å². The van der Waals surface area contributed by atoms with E-state index in [1.54, 1.807) is 29.5 Å². The number of carbonyl (C=O) groups excluding carboxylic acids is 1. The van der Waals surface area contributed by atoms with Crippen molar-refractivity contribution in [3.05, 3.63) is 39.8 Å². The van der Waals surface area contributed by atoms with E-state index in [9.17, 15) is 9.90 Å². The number of anilines is 1. The number of aromatic hydroxyl groups is 1. The van der Waals surface area contributed by atoms with Gasteiger partial charge in [-0.3, -0.25) is 4.79 Å². The molecular formula is C19H22N2O3S. The van der Waals surface area contributed by atoms with Crippen LogP contribution in [0.5, 0.6) is 11.5 Å². The third-order valence-corrected chi connectivity index (χ3v) is 6.09. The highest BCUT2D eigenvalue weighted by molar-refractivity contribution is 7.16. The predicted molar refractivity (Wildman–Crippen MR) is 98.6 cm³/mol. The van der Waals surface area contributed by atoms with Crippen LogP contribution >= 0.6 is 11.3 Å². The molecule has 0 fully saturated rings. The number of thiophene rings is 1. The number of amides is 1. The van der Waals surface area contributed by atoms with Gasteiger partial charge in [-0.15, -0.1) is 11.3 Å². The van der Waals surface area contributed by atoms with Crippen LogP contribution in [-0.2, 0) is 12.8 Å². The van der Waals surface area contributed by atoms with Crippen molar-refractivity contribution in [2.75, 3.05) is 11.9 Å². The number of phenols is 1. The third kappa shape index (κ3) is 2.84. The smallest absolute Gasteiger partial charge is 0.256 e. The lowest BCUT2D eigenvalue weighted by Gasteiger charge is -2.27. The topological polar surface area (TPSA) is 70.6 Å². The molecule has 5 nitrogen and oxygen atoms in total. The lowest BCUT2D eigenvalue weighted by molar-refractivity contribution is 0.0935. The molecular weight excluding hydrogens is 336 g/mol. The molecule has 1 aliphatic carbocycles. The highest BCUT2D eigenvalue weighted by atomic mass is 32.1. The van der Waals surface area contributed by atoms with Crippen molar-refractivity contribution in [2.45, 2.75) is 39.3 Å². The molecule has 25 heavy (non-hydrogen) atoms. The molecule has 4 rings (SSSR count). The summed E-state index contributed by atoms with van der Waals surface area (Å²) in [4.78, 5) is 14.1. The fourth-order valence-corrected chi connectivity index (χ4v) is 5.05. The zero-order chi connectivity index (χ0) is 17.6. The zero-order valence-corrected chi connectivity index (χ0v) is 15.2. The van der Waals surface area contributed by atoms with Gasteiger partial charge in [0.25, 0.3) is 5.91 Å². The molecule has 1 amide bonds. The predicted octanol–water partition coefficient (Wildman–Crippen LogP) is 3.83. The third-order valence-electron chi connectivity index (χ3n) is 4.91. The second-order valence-electron chi connectivity index (χ2n) is 6.77. The number of rotatable bonds is 3. The minimum atomic E-state index is -0.322. The van der Waals surface area contributed by atoms with Crippen LogP contribution < -0.4 is 15.4 Å². The number of phenolic OH excluding ortho intramolecular Hbond substituents is 1. The summed E-state index contributed by atoms with van der Waals surface area (Å²) in [6.07, 6.45) is 2.86. The van der Waals surface area contributed by atoms with E-state index in [1.807, 2.05) is 6.92 Å². The van der Waals surface area contributed by atoms with Gasteiger partial charge in [0, 0.05) is 4.88 Å². The summed E-state index contributed by atoms with van der Waals surface area (Å²) in [6, 6.07) is 5.18. The Morgan fingerprint density at radius 2 is 2.20 bits per heavy atom. The first-order chi connectivity index (χ1) is 12.1. The maximum absolute atomic E-state index is 12.7. The molecule has 0 radical (unpaired) electrons. The Morgan fingerprint density at radius 1 is 1.36 bits per heavy atom. The summed E-state index contributed by atoms with van der Waals surface area (Å²) in [5, 5.41) is 17.3. The van der Waals surface area contributed by atoms with Crippen molar-refractivity contribution < 1.29 is 14.6 Å². The van der Waals surface area contributed by atoms with E-state index in [0.29, 0.717) is 18.3 Å². The Morgan fingerprint density at radius 3 is 3.00 bits per heavy atom. The van der Waals surface area contributed by atoms with E-state index >= 15 is 0 Å². The van der Waals surface area contributed by atoms with Crippen LogP contribution in [0.3, 0.4) is 0 Å². The van der Waals surface area contributed by atoms with Gasteiger partial charge in [0.2, 0.25) is 0 Å². The number of fused-ring (bicyclic) bond motifs is 3. The van der Waals surface area contributed by atoms with Crippen molar-refractivity contribution >= 4 is 22.2 Å². The maximum atomic E-state index is 12.7. The summed E-state index contributed by atoms with van der Waals surface area (Å²) in [5.41, 5.74) is 2.91. The molecule has 0 bridgehead atoms. The second kappa shape index (κ2) is 6.26. The summed E-state index contributed by atoms with van der Waals surface area (Å²) in [5.74, 6) is 1.20. The molecule has 2 aromatic rings. The molecule has 132 valence electrons. The first-order valence-electron chi connectivity index (χ1n) is 8.74. The van der Waals surface area contributed by atoms with Crippen LogP contribution in [-0.4, -0.2) is 17.6 Å². The van der Waals surface area contributed by atoms with Gasteiger partial charge in [-0.1, -0.05) is 13.0 Å². The average molecular weight is 358 g/mol. The minimum Gasteiger partial charge on any atom is -0.504 e. The Bertz CT molecular complexity index is 830. The van der Waals surface area contributed by atoms with Crippen LogP contribution in [0.15, 0.2) is 18.2 Å². The fraction of sp³-hybridized carbons (Fsp3) is 0.421. The monoisotopic (exact) mass is 358 g/mol. The normalized spacial score (nSPS) is 21.8.